The highest BCUT2D eigenvalue weighted by Gasteiger charge is 2.32. The van der Waals surface area contributed by atoms with Gasteiger partial charge in [0.1, 0.15) is 0 Å². The van der Waals surface area contributed by atoms with Crippen LogP contribution < -0.4 is 0 Å². The Labute approximate surface area is 88.0 Å². The molecule has 0 atom stereocenters. The molecule has 0 fully saturated rings. The molecule has 3 heteroatoms. The molecular formula is C9H16BrClO. The van der Waals surface area contributed by atoms with Crippen molar-refractivity contribution in [2.24, 2.45) is 5.41 Å². The smallest absolute Gasteiger partial charge is 0.227 e. The predicted octanol–water partition coefficient (Wildman–Crippen LogP) is 3.73. The second-order valence-corrected chi connectivity index (χ2v) is 4.19. The lowest BCUT2D eigenvalue weighted by Gasteiger charge is -2.26. The second-order valence-electron chi connectivity index (χ2n) is 3.05. The summed E-state index contributed by atoms with van der Waals surface area (Å²) < 4.78 is 0. The van der Waals surface area contributed by atoms with Crippen LogP contribution in [0.4, 0.5) is 0 Å². The molecule has 1 nitrogen and oxygen atoms in total. The van der Waals surface area contributed by atoms with E-state index in [2.05, 4.69) is 15.9 Å². The van der Waals surface area contributed by atoms with Crippen molar-refractivity contribution in [2.75, 3.05) is 5.33 Å². The molecule has 0 amide bonds. The Morgan fingerprint density at radius 3 is 2.17 bits per heavy atom. The molecule has 0 aromatic heterocycles. The molecule has 0 aromatic carbocycles. The van der Waals surface area contributed by atoms with E-state index in [9.17, 15) is 4.79 Å². The zero-order valence-corrected chi connectivity index (χ0v) is 10.0. The molecule has 12 heavy (non-hydrogen) atoms. The minimum Gasteiger partial charge on any atom is -0.281 e. The van der Waals surface area contributed by atoms with Crippen LogP contribution in [0, 0.1) is 5.41 Å². The number of alkyl halides is 1. The first-order valence-corrected chi connectivity index (χ1v) is 5.88. The molecular weight excluding hydrogens is 239 g/mol. The molecule has 0 spiro atoms. The molecule has 0 unspecified atom stereocenters. The van der Waals surface area contributed by atoms with Crippen molar-refractivity contribution in [2.45, 2.75) is 39.5 Å². The lowest BCUT2D eigenvalue weighted by Crippen LogP contribution is -2.26. The molecule has 0 aromatic rings. The van der Waals surface area contributed by atoms with Gasteiger partial charge in [0.25, 0.3) is 0 Å². The minimum atomic E-state index is -0.269. The molecule has 0 saturated carbocycles. The summed E-state index contributed by atoms with van der Waals surface area (Å²) >= 11 is 8.94. The maximum atomic E-state index is 11.2. The van der Waals surface area contributed by atoms with E-state index in [1.54, 1.807) is 0 Å². The van der Waals surface area contributed by atoms with Crippen LogP contribution in [-0.2, 0) is 4.79 Å². The molecule has 0 aliphatic carbocycles. The molecule has 0 radical (unpaired) electrons. The largest absolute Gasteiger partial charge is 0.281 e. The number of rotatable bonds is 6. The fourth-order valence-electron chi connectivity index (χ4n) is 1.39. The van der Waals surface area contributed by atoms with Gasteiger partial charge in [0.15, 0.2) is 0 Å². The van der Waals surface area contributed by atoms with Gasteiger partial charge in [-0.3, -0.25) is 4.79 Å². The highest BCUT2D eigenvalue weighted by molar-refractivity contribution is 9.09. The first-order chi connectivity index (χ1) is 5.63. The van der Waals surface area contributed by atoms with Gasteiger partial charge in [-0.25, -0.2) is 0 Å². The normalized spacial score (nSPS) is 11.7. The van der Waals surface area contributed by atoms with E-state index in [-0.39, 0.29) is 10.7 Å². The summed E-state index contributed by atoms with van der Waals surface area (Å²) in [5.41, 5.74) is -0.269. The van der Waals surface area contributed by atoms with Crippen LogP contribution in [0.25, 0.3) is 0 Å². The van der Waals surface area contributed by atoms with E-state index in [1.165, 1.54) is 0 Å². The number of carbonyl (C=O) groups excluding carboxylic acids is 1. The fourth-order valence-corrected chi connectivity index (χ4v) is 2.03. The topological polar surface area (TPSA) is 17.1 Å². The summed E-state index contributed by atoms with van der Waals surface area (Å²) in [6.07, 6.45) is 3.60. The Balaban J connectivity index is 4.25. The van der Waals surface area contributed by atoms with Crippen molar-refractivity contribution in [3.05, 3.63) is 0 Å². The van der Waals surface area contributed by atoms with Gasteiger partial charge in [0.05, 0.1) is 0 Å². The molecule has 0 saturated heterocycles. The van der Waals surface area contributed by atoms with Crippen LogP contribution in [0.3, 0.4) is 0 Å². The summed E-state index contributed by atoms with van der Waals surface area (Å²) in [6, 6.07) is 0. The van der Waals surface area contributed by atoms with Gasteiger partial charge in [-0.1, -0.05) is 29.8 Å². The van der Waals surface area contributed by atoms with Crippen LogP contribution in [0.1, 0.15) is 39.5 Å². The number of halogens is 2. The number of carbonyl (C=O) groups is 1. The van der Waals surface area contributed by atoms with Crippen LogP contribution in [0.2, 0.25) is 0 Å². The second kappa shape index (κ2) is 5.98. The van der Waals surface area contributed by atoms with Crippen LogP contribution in [-0.4, -0.2) is 10.6 Å². The summed E-state index contributed by atoms with van der Waals surface area (Å²) in [7, 11) is 0. The van der Waals surface area contributed by atoms with Crippen molar-refractivity contribution >= 4 is 32.8 Å². The third-order valence-corrected chi connectivity index (χ3v) is 3.52. The zero-order chi connectivity index (χ0) is 9.61. The third-order valence-electron chi connectivity index (χ3n) is 2.56. The standard InChI is InChI=1S/C9H16BrClO/c1-3-9(4-2,8(11)12)6-5-7-10/h3-7H2,1-2H3. The van der Waals surface area contributed by atoms with Gasteiger partial charge >= 0.3 is 0 Å². The quantitative estimate of drug-likeness (QED) is 0.522. The van der Waals surface area contributed by atoms with Gasteiger partial charge in [0.2, 0.25) is 5.24 Å². The van der Waals surface area contributed by atoms with E-state index in [4.69, 9.17) is 11.6 Å². The molecule has 0 aliphatic rings. The first-order valence-electron chi connectivity index (χ1n) is 4.39. The van der Waals surface area contributed by atoms with Crippen molar-refractivity contribution in [3.8, 4) is 0 Å². The van der Waals surface area contributed by atoms with Crippen LogP contribution in [0.15, 0.2) is 0 Å². The lowest BCUT2D eigenvalue weighted by molar-refractivity contribution is -0.121. The predicted molar refractivity (Wildman–Crippen MR) is 56.9 cm³/mol. The van der Waals surface area contributed by atoms with E-state index in [0.29, 0.717) is 0 Å². The Kier molecular flexibility index (Phi) is 6.20. The number of hydrogen-bond acceptors (Lipinski definition) is 1. The van der Waals surface area contributed by atoms with E-state index < -0.39 is 0 Å². The molecule has 0 rings (SSSR count). The first kappa shape index (κ1) is 12.4. The van der Waals surface area contributed by atoms with Gasteiger partial charge in [-0.2, -0.15) is 0 Å². The minimum absolute atomic E-state index is 0.173. The molecule has 0 aliphatic heterocycles. The fraction of sp³-hybridized carbons (Fsp3) is 0.889. The monoisotopic (exact) mass is 254 g/mol. The third kappa shape index (κ3) is 3.06. The molecule has 0 N–H and O–H groups in total. The van der Waals surface area contributed by atoms with Crippen molar-refractivity contribution < 1.29 is 4.79 Å². The van der Waals surface area contributed by atoms with Gasteiger partial charge in [-0.05, 0) is 37.3 Å². The van der Waals surface area contributed by atoms with E-state index in [1.807, 2.05) is 13.8 Å². The maximum Gasteiger partial charge on any atom is 0.227 e. The van der Waals surface area contributed by atoms with Crippen LogP contribution in [0.5, 0.6) is 0 Å². The van der Waals surface area contributed by atoms with Crippen molar-refractivity contribution in [1.82, 2.24) is 0 Å². The Hall–Kier alpha value is 0.440. The summed E-state index contributed by atoms with van der Waals surface area (Å²) in [5, 5.41) is 0.771. The van der Waals surface area contributed by atoms with Gasteiger partial charge < -0.3 is 0 Å². The molecule has 72 valence electrons. The SMILES string of the molecule is CCC(CC)(CCCBr)C(=O)Cl. The Morgan fingerprint density at radius 1 is 1.42 bits per heavy atom. The Bertz CT molecular complexity index is 143. The van der Waals surface area contributed by atoms with Crippen molar-refractivity contribution in [3.63, 3.8) is 0 Å². The number of hydrogen-bond donors (Lipinski definition) is 0. The van der Waals surface area contributed by atoms with Crippen molar-refractivity contribution in [1.29, 1.82) is 0 Å². The average Bonchev–Trinajstić information content (AvgIpc) is 2.07. The molecule has 0 bridgehead atoms. The van der Waals surface area contributed by atoms with Gasteiger partial charge in [-0.15, -0.1) is 0 Å². The Morgan fingerprint density at radius 2 is 1.92 bits per heavy atom. The lowest BCUT2D eigenvalue weighted by atomic mass is 9.80. The molecule has 0 heterocycles. The van der Waals surface area contributed by atoms with Gasteiger partial charge in [0, 0.05) is 10.7 Å². The zero-order valence-electron chi connectivity index (χ0n) is 7.70. The summed E-state index contributed by atoms with van der Waals surface area (Å²) in [6.45, 7) is 4.05. The van der Waals surface area contributed by atoms with Crippen LogP contribution >= 0.6 is 27.5 Å². The maximum absolute atomic E-state index is 11.2. The highest BCUT2D eigenvalue weighted by Crippen LogP contribution is 2.34. The van der Waals surface area contributed by atoms with E-state index in [0.717, 1.165) is 31.0 Å². The van der Waals surface area contributed by atoms with E-state index >= 15 is 0 Å². The highest BCUT2D eigenvalue weighted by atomic mass is 79.9. The average molecular weight is 256 g/mol. The summed E-state index contributed by atoms with van der Waals surface area (Å²) in [4.78, 5) is 11.2. The summed E-state index contributed by atoms with van der Waals surface area (Å²) in [5.74, 6) is 0.